The van der Waals surface area contributed by atoms with Gasteiger partial charge in [-0.3, -0.25) is 9.59 Å². The monoisotopic (exact) mass is 394 g/mol. The summed E-state index contributed by atoms with van der Waals surface area (Å²) in [5.74, 6) is 1.46. The Balaban J connectivity index is 1.28. The quantitative estimate of drug-likeness (QED) is 0.847. The van der Waals surface area contributed by atoms with Crippen LogP contribution in [-0.2, 0) is 11.2 Å². The van der Waals surface area contributed by atoms with Crippen LogP contribution in [0.15, 0.2) is 48.5 Å². The van der Waals surface area contributed by atoms with Gasteiger partial charge in [0.2, 0.25) is 12.7 Å². The zero-order chi connectivity index (χ0) is 20.2. The number of piperidine rings is 1. The number of hydrogen-bond donors (Lipinski definition) is 1. The molecule has 0 unspecified atom stereocenters. The molecule has 152 valence electrons. The summed E-state index contributed by atoms with van der Waals surface area (Å²) >= 11 is 0. The lowest BCUT2D eigenvalue weighted by atomic mass is 9.90. The van der Waals surface area contributed by atoms with Gasteiger partial charge in [0.25, 0.3) is 5.91 Å². The number of amides is 2. The smallest absolute Gasteiger partial charge is 0.252 e. The molecule has 2 aromatic rings. The van der Waals surface area contributed by atoms with Gasteiger partial charge >= 0.3 is 0 Å². The molecular formula is C23H26N2O4. The molecule has 0 spiro atoms. The molecule has 1 fully saturated rings. The highest BCUT2D eigenvalue weighted by Gasteiger charge is 2.27. The van der Waals surface area contributed by atoms with E-state index < -0.39 is 6.04 Å². The van der Waals surface area contributed by atoms with Crippen molar-refractivity contribution in [2.75, 3.05) is 19.9 Å². The van der Waals surface area contributed by atoms with E-state index in [0.29, 0.717) is 23.0 Å². The summed E-state index contributed by atoms with van der Waals surface area (Å²) in [4.78, 5) is 27.2. The Kier molecular flexibility index (Phi) is 5.69. The summed E-state index contributed by atoms with van der Waals surface area (Å²) in [7, 11) is 0. The standard InChI is InChI=1S/C23H26N2O4/c1-16(24-22(26)19-7-8-20-21(14-19)29-15-28-20)23(27)25-11-9-18(10-12-25)13-17-5-3-2-4-6-17/h2-8,14,16,18H,9-13,15H2,1H3,(H,24,26)/t16-/m1/s1. The number of ether oxygens (including phenoxy) is 2. The molecule has 6 nitrogen and oxygen atoms in total. The zero-order valence-corrected chi connectivity index (χ0v) is 16.6. The molecule has 6 heteroatoms. The molecule has 1 atom stereocenters. The minimum absolute atomic E-state index is 0.0303. The van der Waals surface area contributed by atoms with Crippen molar-refractivity contribution in [2.45, 2.75) is 32.2 Å². The van der Waals surface area contributed by atoms with Gasteiger partial charge in [-0.15, -0.1) is 0 Å². The number of rotatable bonds is 5. The van der Waals surface area contributed by atoms with Crippen molar-refractivity contribution in [3.05, 3.63) is 59.7 Å². The minimum Gasteiger partial charge on any atom is -0.454 e. The predicted octanol–water partition coefficient (Wildman–Crippen LogP) is 3.01. The van der Waals surface area contributed by atoms with Crippen LogP contribution < -0.4 is 14.8 Å². The number of benzene rings is 2. The van der Waals surface area contributed by atoms with Crippen molar-refractivity contribution in [3.63, 3.8) is 0 Å². The van der Waals surface area contributed by atoms with Crippen molar-refractivity contribution in [1.82, 2.24) is 10.2 Å². The first-order valence-electron chi connectivity index (χ1n) is 10.1. The van der Waals surface area contributed by atoms with Gasteiger partial charge in [-0.2, -0.15) is 0 Å². The predicted molar refractivity (Wildman–Crippen MR) is 109 cm³/mol. The van der Waals surface area contributed by atoms with Gasteiger partial charge in [-0.25, -0.2) is 0 Å². The summed E-state index contributed by atoms with van der Waals surface area (Å²) in [6, 6.07) is 14.9. The molecule has 2 heterocycles. The summed E-state index contributed by atoms with van der Waals surface area (Å²) in [5, 5.41) is 2.81. The van der Waals surface area contributed by atoms with Gasteiger partial charge in [0.1, 0.15) is 6.04 Å². The van der Waals surface area contributed by atoms with Gasteiger partial charge < -0.3 is 19.7 Å². The maximum atomic E-state index is 12.8. The van der Waals surface area contributed by atoms with Gasteiger partial charge in [0.05, 0.1) is 0 Å². The Hall–Kier alpha value is -3.02. The highest BCUT2D eigenvalue weighted by Crippen LogP contribution is 2.32. The lowest BCUT2D eigenvalue weighted by Crippen LogP contribution is -2.49. The number of fused-ring (bicyclic) bond motifs is 1. The van der Waals surface area contributed by atoms with Gasteiger partial charge in [0.15, 0.2) is 11.5 Å². The van der Waals surface area contributed by atoms with E-state index in [2.05, 4.69) is 29.6 Å². The molecule has 0 radical (unpaired) electrons. The molecule has 29 heavy (non-hydrogen) atoms. The molecule has 4 rings (SSSR count). The summed E-state index contributed by atoms with van der Waals surface area (Å²) in [5.41, 5.74) is 1.80. The Bertz CT molecular complexity index is 876. The van der Waals surface area contributed by atoms with Crippen molar-refractivity contribution < 1.29 is 19.1 Å². The molecule has 0 saturated carbocycles. The molecule has 0 bridgehead atoms. The zero-order valence-electron chi connectivity index (χ0n) is 16.6. The number of nitrogens with zero attached hydrogens (tertiary/aromatic N) is 1. The third kappa shape index (κ3) is 4.53. The highest BCUT2D eigenvalue weighted by molar-refractivity contribution is 5.98. The van der Waals surface area contributed by atoms with Crippen LogP contribution in [0.5, 0.6) is 11.5 Å². The Morgan fingerprint density at radius 3 is 2.55 bits per heavy atom. The number of hydrogen-bond acceptors (Lipinski definition) is 4. The van der Waals surface area contributed by atoms with Crippen LogP contribution in [0, 0.1) is 5.92 Å². The number of carbonyl (C=O) groups is 2. The van der Waals surface area contributed by atoms with Gasteiger partial charge in [-0.05, 0) is 55.9 Å². The van der Waals surface area contributed by atoms with Crippen LogP contribution in [0.4, 0.5) is 0 Å². The van der Waals surface area contributed by atoms with E-state index in [4.69, 9.17) is 9.47 Å². The molecule has 2 aromatic carbocycles. The highest BCUT2D eigenvalue weighted by atomic mass is 16.7. The number of nitrogens with one attached hydrogen (secondary N) is 1. The summed E-state index contributed by atoms with van der Waals surface area (Å²) < 4.78 is 10.6. The fourth-order valence-electron chi connectivity index (χ4n) is 3.96. The average Bonchev–Trinajstić information content (AvgIpc) is 3.22. The van der Waals surface area contributed by atoms with Crippen molar-refractivity contribution in [1.29, 1.82) is 0 Å². The first kappa shape index (κ1) is 19.3. The first-order chi connectivity index (χ1) is 14.1. The third-order valence-electron chi connectivity index (χ3n) is 5.65. The lowest BCUT2D eigenvalue weighted by molar-refractivity contribution is -0.134. The molecule has 2 amide bonds. The molecule has 1 saturated heterocycles. The van der Waals surface area contributed by atoms with Crippen molar-refractivity contribution in [3.8, 4) is 11.5 Å². The van der Waals surface area contributed by atoms with Crippen LogP contribution >= 0.6 is 0 Å². The van der Waals surface area contributed by atoms with Crippen LogP contribution in [-0.4, -0.2) is 42.6 Å². The molecular weight excluding hydrogens is 368 g/mol. The van der Waals surface area contributed by atoms with Crippen molar-refractivity contribution >= 4 is 11.8 Å². The second kappa shape index (κ2) is 8.55. The summed E-state index contributed by atoms with van der Waals surface area (Å²) in [6.07, 6.45) is 3.03. The Morgan fingerprint density at radius 2 is 1.79 bits per heavy atom. The van der Waals surface area contributed by atoms with E-state index in [-0.39, 0.29) is 18.6 Å². The van der Waals surface area contributed by atoms with E-state index in [0.717, 1.165) is 32.4 Å². The van der Waals surface area contributed by atoms with E-state index in [1.165, 1.54) is 5.56 Å². The van der Waals surface area contributed by atoms with Crippen molar-refractivity contribution in [2.24, 2.45) is 5.92 Å². The van der Waals surface area contributed by atoms with E-state index >= 15 is 0 Å². The Labute approximate surface area is 170 Å². The Morgan fingerprint density at radius 1 is 1.07 bits per heavy atom. The first-order valence-corrected chi connectivity index (χ1v) is 10.1. The van der Waals surface area contributed by atoms with Crippen LogP contribution in [0.3, 0.4) is 0 Å². The normalized spacial score (nSPS) is 17.1. The maximum Gasteiger partial charge on any atom is 0.252 e. The van der Waals surface area contributed by atoms with E-state index in [1.807, 2.05) is 11.0 Å². The lowest BCUT2D eigenvalue weighted by Gasteiger charge is -2.33. The number of likely N-dealkylation sites (tertiary alicyclic amines) is 1. The average molecular weight is 394 g/mol. The molecule has 0 aromatic heterocycles. The fourth-order valence-corrected chi connectivity index (χ4v) is 3.96. The second-order valence-corrected chi connectivity index (χ2v) is 7.72. The molecule has 2 aliphatic heterocycles. The van der Waals surface area contributed by atoms with Crippen LogP contribution in [0.2, 0.25) is 0 Å². The van der Waals surface area contributed by atoms with Gasteiger partial charge in [-0.1, -0.05) is 30.3 Å². The second-order valence-electron chi connectivity index (χ2n) is 7.72. The molecule has 1 N–H and O–H groups in total. The molecule has 2 aliphatic rings. The minimum atomic E-state index is -0.571. The number of carbonyl (C=O) groups excluding carboxylic acids is 2. The van der Waals surface area contributed by atoms with Crippen LogP contribution in [0.1, 0.15) is 35.7 Å². The third-order valence-corrected chi connectivity index (χ3v) is 5.65. The van der Waals surface area contributed by atoms with E-state index in [9.17, 15) is 9.59 Å². The maximum absolute atomic E-state index is 12.8. The van der Waals surface area contributed by atoms with E-state index in [1.54, 1.807) is 25.1 Å². The fraction of sp³-hybridized carbons (Fsp3) is 0.391. The van der Waals surface area contributed by atoms with Crippen LogP contribution in [0.25, 0.3) is 0 Å². The topological polar surface area (TPSA) is 67.9 Å². The largest absolute Gasteiger partial charge is 0.454 e. The SMILES string of the molecule is C[C@@H](NC(=O)c1ccc2c(c1)OCO2)C(=O)N1CCC(Cc2ccccc2)CC1. The van der Waals surface area contributed by atoms with Gasteiger partial charge in [0, 0.05) is 18.7 Å². The molecule has 0 aliphatic carbocycles. The summed E-state index contributed by atoms with van der Waals surface area (Å²) in [6.45, 7) is 3.37.